The summed E-state index contributed by atoms with van der Waals surface area (Å²) < 4.78 is 64.7. The molecule has 0 bridgehead atoms. The summed E-state index contributed by atoms with van der Waals surface area (Å²) in [6.45, 7) is 0.365. The molecule has 1 heterocycles. The van der Waals surface area contributed by atoms with E-state index >= 15 is 0 Å². The van der Waals surface area contributed by atoms with Crippen LogP contribution in [-0.2, 0) is 17.3 Å². The largest absolute Gasteiger partial charge is 0.491 e. The zero-order chi connectivity index (χ0) is 22.8. The van der Waals surface area contributed by atoms with Gasteiger partial charge < -0.3 is 9.84 Å². The maximum Gasteiger partial charge on any atom is 0.170 e. The molecule has 1 aliphatic heterocycles. The Labute approximate surface area is 178 Å². The Morgan fingerprint density at radius 1 is 0.742 bits per heavy atom. The molecule has 0 fully saturated rings. The molecule has 2 nitrogen and oxygen atoms in total. The third-order valence-electron chi connectivity index (χ3n) is 4.19. The van der Waals surface area contributed by atoms with Crippen molar-refractivity contribution in [2.24, 2.45) is 0 Å². The molecule has 0 unspecified atom stereocenters. The van der Waals surface area contributed by atoms with E-state index in [2.05, 4.69) is 60.7 Å². The number of aliphatic hydroxyl groups is 1. The number of ether oxygens (including phenoxy) is 1. The normalized spacial score (nSPS) is 15.5. The van der Waals surface area contributed by atoms with E-state index in [4.69, 9.17) is 9.84 Å². The predicted octanol–water partition coefficient (Wildman–Crippen LogP) is 7.44. The molecule has 0 amide bonds. The topological polar surface area (TPSA) is 29.5 Å². The van der Waals surface area contributed by atoms with Gasteiger partial charge in [0.15, 0.2) is 14.7 Å². The van der Waals surface area contributed by atoms with Crippen molar-refractivity contribution < 1.29 is 35.0 Å². The van der Waals surface area contributed by atoms with Crippen LogP contribution >= 0.6 is 7.81 Å². The molecule has 168 valence electrons. The molecule has 0 saturated carbocycles. The minimum Gasteiger partial charge on any atom is -0.491 e. The van der Waals surface area contributed by atoms with Crippen LogP contribution in [-0.4, -0.2) is 18.3 Å². The number of aliphatic hydroxyl groups excluding tert-OH is 1. The van der Waals surface area contributed by atoms with E-state index in [1.807, 2.05) is 12.1 Å². The predicted molar refractivity (Wildman–Crippen MR) is 110 cm³/mol. The Bertz CT molecular complexity index is 999. The van der Waals surface area contributed by atoms with Crippen LogP contribution < -0.4 is 4.74 Å². The molecule has 10 heteroatoms. The fraction of sp³-hybridized carbons (Fsp3) is 0.143. The molecule has 0 atom stereocenters. The van der Waals surface area contributed by atoms with E-state index in [0.29, 0.717) is 6.61 Å². The van der Waals surface area contributed by atoms with E-state index in [0.717, 1.165) is 12.2 Å². The van der Waals surface area contributed by atoms with Crippen LogP contribution in [0, 0.1) is 0 Å². The summed E-state index contributed by atoms with van der Waals surface area (Å²) in [5.74, 6) is 0.801. The Kier molecular flexibility index (Phi) is 6.08. The van der Waals surface area contributed by atoms with Crippen LogP contribution in [0.4, 0.5) is 25.2 Å². The van der Waals surface area contributed by atoms with Gasteiger partial charge in [-0.1, -0.05) is 36.4 Å². The van der Waals surface area contributed by atoms with Crippen molar-refractivity contribution in [1.29, 1.82) is 0 Å². The Balaban J connectivity index is 0.000000339. The smallest absolute Gasteiger partial charge is 0.170 e. The third kappa shape index (κ3) is 7.45. The van der Waals surface area contributed by atoms with Crippen molar-refractivity contribution >= 4 is 18.7 Å². The van der Waals surface area contributed by atoms with Crippen molar-refractivity contribution in [3.05, 3.63) is 83.9 Å². The second-order valence-electron chi connectivity index (χ2n) is 6.70. The van der Waals surface area contributed by atoms with Gasteiger partial charge in [-0.25, -0.2) is 0 Å². The standard InChI is InChI=1S/C21H19O2S.F6P/c22-13-14-23-18-9-11-19(12-10-18)24-20-7-3-1-5-16(20)15-17-6-2-4-8-21(17)24;1-7(2,3,4,5)6/h1-12,22H,13-15H2;/q+1;-1. The first kappa shape index (κ1) is 23.4. The summed E-state index contributed by atoms with van der Waals surface area (Å²) in [6, 6.07) is 25.8. The number of fused-ring (bicyclic) bond motifs is 2. The average Bonchev–Trinajstić information content (AvgIpc) is 2.68. The van der Waals surface area contributed by atoms with E-state index < -0.39 is 7.81 Å². The fourth-order valence-corrected chi connectivity index (χ4v) is 5.50. The second kappa shape index (κ2) is 8.04. The quantitative estimate of drug-likeness (QED) is 0.187. The van der Waals surface area contributed by atoms with Gasteiger partial charge in [0.25, 0.3) is 0 Å². The van der Waals surface area contributed by atoms with Gasteiger partial charge in [0, 0.05) is 17.5 Å². The SMILES string of the molecule is F[P-](F)(F)(F)(F)F.OCCOc1ccc([S+]2c3ccccc3Cc3ccccc32)cc1. The fourth-order valence-electron chi connectivity index (χ4n) is 3.11. The molecule has 0 saturated heterocycles. The molecule has 3 aromatic rings. The third-order valence-corrected chi connectivity index (χ3v) is 6.61. The molecular weight excluding hydrogens is 461 g/mol. The molecular formula is C21H19F6O2PS. The van der Waals surface area contributed by atoms with Crippen molar-refractivity contribution in [2.45, 2.75) is 21.1 Å². The Morgan fingerprint density at radius 3 is 1.65 bits per heavy atom. The number of hydrogen-bond acceptors (Lipinski definition) is 2. The Hall–Kier alpha value is -2.22. The summed E-state index contributed by atoms with van der Waals surface area (Å²) in [5, 5.41) is 8.88. The minimum absolute atomic E-state index is 0.0346. The first-order chi connectivity index (χ1) is 14.3. The van der Waals surface area contributed by atoms with E-state index in [1.165, 1.54) is 25.8 Å². The van der Waals surface area contributed by atoms with Gasteiger partial charge >= 0.3 is 33.0 Å². The molecule has 0 aliphatic carbocycles. The van der Waals surface area contributed by atoms with Gasteiger partial charge in [-0.3, -0.25) is 0 Å². The Morgan fingerprint density at radius 2 is 1.19 bits per heavy atom. The van der Waals surface area contributed by atoms with Crippen LogP contribution in [0.25, 0.3) is 0 Å². The van der Waals surface area contributed by atoms with Crippen LogP contribution in [0.5, 0.6) is 5.75 Å². The van der Waals surface area contributed by atoms with Gasteiger partial charge in [0.2, 0.25) is 0 Å². The summed E-state index contributed by atoms with van der Waals surface area (Å²) in [4.78, 5) is 4.13. The molecule has 4 rings (SSSR count). The summed E-state index contributed by atoms with van der Waals surface area (Å²) >= 11 is 0. The van der Waals surface area contributed by atoms with Crippen molar-refractivity contribution in [2.75, 3.05) is 13.2 Å². The molecule has 0 spiro atoms. The van der Waals surface area contributed by atoms with Crippen LogP contribution in [0.2, 0.25) is 0 Å². The van der Waals surface area contributed by atoms with Crippen molar-refractivity contribution in [3.63, 3.8) is 0 Å². The zero-order valence-corrected chi connectivity index (χ0v) is 17.7. The zero-order valence-electron chi connectivity index (χ0n) is 16.0. The molecule has 31 heavy (non-hydrogen) atoms. The van der Waals surface area contributed by atoms with Crippen molar-refractivity contribution in [3.8, 4) is 5.75 Å². The molecule has 1 aliphatic rings. The van der Waals surface area contributed by atoms with Crippen LogP contribution in [0.1, 0.15) is 11.1 Å². The number of rotatable bonds is 4. The van der Waals surface area contributed by atoms with Crippen LogP contribution in [0.3, 0.4) is 0 Å². The van der Waals surface area contributed by atoms with Crippen molar-refractivity contribution in [1.82, 2.24) is 0 Å². The maximum atomic E-state index is 9.87. The van der Waals surface area contributed by atoms with Crippen LogP contribution in [0.15, 0.2) is 87.5 Å². The van der Waals surface area contributed by atoms with E-state index in [1.54, 1.807) is 0 Å². The molecule has 0 aromatic heterocycles. The molecule has 1 N–H and O–H groups in total. The summed E-state index contributed by atoms with van der Waals surface area (Å²) in [6.07, 6.45) is 1.01. The number of benzene rings is 3. The first-order valence-electron chi connectivity index (χ1n) is 9.12. The van der Waals surface area contributed by atoms with Gasteiger partial charge in [-0.15, -0.1) is 0 Å². The number of halogens is 6. The average molecular weight is 480 g/mol. The van der Waals surface area contributed by atoms with E-state index in [-0.39, 0.29) is 17.5 Å². The summed E-state index contributed by atoms with van der Waals surface area (Å²) in [5.41, 5.74) is 2.83. The van der Waals surface area contributed by atoms with Gasteiger partial charge in [0.1, 0.15) is 12.4 Å². The van der Waals surface area contributed by atoms with Gasteiger partial charge in [-0.2, -0.15) is 0 Å². The van der Waals surface area contributed by atoms with Gasteiger partial charge in [0.05, 0.1) is 17.5 Å². The summed E-state index contributed by atoms with van der Waals surface area (Å²) in [7, 11) is -10.7. The monoisotopic (exact) mass is 480 g/mol. The number of hydrogen-bond donors (Lipinski definition) is 1. The molecule has 3 aromatic carbocycles. The molecule has 0 radical (unpaired) electrons. The minimum atomic E-state index is -10.7. The maximum absolute atomic E-state index is 10.7. The second-order valence-corrected chi connectivity index (χ2v) is 10.6. The first-order valence-corrected chi connectivity index (χ1v) is 12.4. The van der Waals surface area contributed by atoms with Gasteiger partial charge in [-0.05, 0) is 36.4 Å². The van der Waals surface area contributed by atoms with E-state index in [9.17, 15) is 25.2 Å².